The van der Waals surface area contributed by atoms with Gasteiger partial charge in [0.05, 0.1) is 13.2 Å². The number of nitrogens with two attached hydrogens (primary N) is 1. The molecule has 0 aromatic heterocycles. The zero-order valence-corrected chi connectivity index (χ0v) is 13.7. The third-order valence-electron chi connectivity index (χ3n) is 4.81. The van der Waals surface area contributed by atoms with Crippen LogP contribution in [0, 0.1) is 11.8 Å². The van der Waals surface area contributed by atoms with Gasteiger partial charge in [-0.1, -0.05) is 32.0 Å². The van der Waals surface area contributed by atoms with Gasteiger partial charge in [0.15, 0.2) is 0 Å². The highest BCUT2D eigenvalue weighted by Crippen LogP contribution is 2.36. The van der Waals surface area contributed by atoms with Crippen LogP contribution in [-0.4, -0.2) is 19.3 Å². The van der Waals surface area contributed by atoms with Crippen molar-refractivity contribution in [1.29, 1.82) is 0 Å². The van der Waals surface area contributed by atoms with Crippen molar-refractivity contribution in [2.75, 3.05) is 7.11 Å². The van der Waals surface area contributed by atoms with Crippen LogP contribution in [0.2, 0.25) is 0 Å². The van der Waals surface area contributed by atoms with Gasteiger partial charge in [0.1, 0.15) is 11.9 Å². The second kappa shape index (κ2) is 7.28. The van der Waals surface area contributed by atoms with E-state index in [9.17, 15) is 0 Å². The van der Waals surface area contributed by atoms with E-state index < -0.39 is 0 Å². The van der Waals surface area contributed by atoms with Gasteiger partial charge in [-0.05, 0) is 44.1 Å². The summed E-state index contributed by atoms with van der Waals surface area (Å²) in [5.41, 5.74) is 7.25. The molecule has 118 valence electrons. The number of para-hydroxylation sites is 1. The largest absolute Gasteiger partial charge is 0.496 e. The summed E-state index contributed by atoms with van der Waals surface area (Å²) in [5.74, 6) is 2.37. The molecule has 2 N–H and O–H groups in total. The van der Waals surface area contributed by atoms with Gasteiger partial charge in [-0.3, -0.25) is 0 Å². The van der Waals surface area contributed by atoms with Crippen LogP contribution in [0.15, 0.2) is 24.3 Å². The first-order chi connectivity index (χ1) is 10.0. The van der Waals surface area contributed by atoms with E-state index in [0.717, 1.165) is 36.0 Å². The molecule has 2 rings (SSSR count). The molecule has 1 aromatic rings. The standard InChI is InChI=1S/C18H29NO2/c1-12-9-10-15(11-13(12)2)21-18(14(3)19)16-7-5-6-8-17(16)20-4/h5-8,12-15,18H,9-11,19H2,1-4H3. The van der Waals surface area contributed by atoms with E-state index in [0.29, 0.717) is 6.10 Å². The minimum Gasteiger partial charge on any atom is -0.496 e. The minimum absolute atomic E-state index is 0.0593. The third-order valence-corrected chi connectivity index (χ3v) is 4.81. The van der Waals surface area contributed by atoms with E-state index in [-0.39, 0.29) is 12.1 Å². The summed E-state index contributed by atoms with van der Waals surface area (Å²) in [6.07, 6.45) is 3.69. The lowest BCUT2D eigenvalue weighted by Crippen LogP contribution is -2.34. The first-order valence-corrected chi connectivity index (χ1v) is 8.06. The molecule has 0 spiro atoms. The fraction of sp³-hybridized carbons (Fsp3) is 0.667. The molecule has 5 unspecified atom stereocenters. The molecule has 1 fully saturated rings. The van der Waals surface area contributed by atoms with Crippen LogP contribution in [0.25, 0.3) is 0 Å². The second-order valence-corrected chi connectivity index (χ2v) is 6.55. The van der Waals surface area contributed by atoms with Crippen molar-refractivity contribution in [3.63, 3.8) is 0 Å². The van der Waals surface area contributed by atoms with Crippen LogP contribution in [-0.2, 0) is 4.74 Å². The average molecular weight is 291 g/mol. The molecule has 3 nitrogen and oxygen atoms in total. The molecular weight excluding hydrogens is 262 g/mol. The maximum Gasteiger partial charge on any atom is 0.124 e. The summed E-state index contributed by atoms with van der Waals surface area (Å²) in [6.45, 7) is 6.67. The van der Waals surface area contributed by atoms with Crippen molar-refractivity contribution in [3.05, 3.63) is 29.8 Å². The molecule has 0 saturated heterocycles. The van der Waals surface area contributed by atoms with Crippen LogP contribution < -0.4 is 10.5 Å². The summed E-state index contributed by atoms with van der Waals surface area (Å²) < 4.78 is 11.9. The van der Waals surface area contributed by atoms with Crippen molar-refractivity contribution in [2.45, 2.75) is 58.3 Å². The van der Waals surface area contributed by atoms with Crippen molar-refractivity contribution >= 4 is 0 Å². The van der Waals surface area contributed by atoms with E-state index in [2.05, 4.69) is 19.9 Å². The summed E-state index contributed by atoms with van der Waals surface area (Å²) >= 11 is 0. The quantitative estimate of drug-likeness (QED) is 0.894. The van der Waals surface area contributed by atoms with Gasteiger partial charge in [-0.15, -0.1) is 0 Å². The fourth-order valence-corrected chi connectivity index (χ4v) is 3.21. The Balaban J connectivity index is 2.13. The molecule has 0 heterocycles. The van der Waals surface area contributed by atoms with Gasteiger partial charge in [0.2, 0.25) is 0 Å². The van der Waals surface area contributed by atoms with E-state index >= 15 is 0 Å². The zero-order chi connectivity index (χ0) is 15.4. The van der Waals surface area contributed by atoms with Crippen molar-refractivity contribution in [2.24, 2.45) is 17.6 Å². The van der Waals surface area contributed by atoms with Gasteiger partial charge < -0.3 is 15.2 Å². The second-order valence-electron chi connectivity index (χ2n) is 6.55. The van der Waals surface area contributed by atoms with E-state index in [1.807, 2.05) is 25.1 Å². The molecule has 0 amide bonds. The Bertz CT molecular complexity index is 447. The SMILES string of the molecule is COc1ccccc1C(OC1CCC(C)C(C)C1)C(C)N. The average Bonchev–Trinajstić information content (AvgIpc) is 2.48. The first-order valence-electron chi connectivity index (χ1n) is 8.06. The minimum atomic E-state index is -0.105. The van der Waals surface area contributed by atoms with Crippen LogP contribution in [0.4, 0.5) is 0 Å². The smallest absolute Gasteiger partial charge is 0.124 e. The number of rotatable bonds is 5. The summed E-state index contributed by atoms with van der Waals surface area (Å²) in [5, 5.41) is 0. The predicted octanol–water partition coefficient (Wildman–Crippen LogP) is 3.92. The lowest BCUT2D eigenvalue weighted by molar-refractivity contribution is -0.0575. The van der Waals surface area contributed by atoms with E-state index in [1.54, 1.807) is 7.11 Å². The maximum absolute atomic E-state index is 6.40. The lowest BCUT2D eigenvalue weighted by atomic mass is 9.80. The molecule has 5 atom stereocenters. The number of benzene rings is 1. The highest BCUT2D eigenvalue weighted by Gasteiger charge is 2.29. The molecule has 1 aromatic carbocycles. The number of ether oxygens (including phenoxy) is 2. The van der Waals surface area contributed by atoms with Gasteiger partial charge in [0.25, 0.3) is 0 Å². The molecule has 1 saturated carbocycles. The van der Waals surface area contributed by atoms with Gasteiger partial charge in [-0.2, -0.15) is 0 Å². The normalized spacial score (nSPS) is 28.9. The zero-order valence-electron chi connectivity index (χ0n) is 13.7. The molecule has 1 aliphatic carbocycles. The number of hydrogen-bond donors (Lipinski definition) is 1. The Morgan fingerprint density at radius 1 is 1.14 bits per heavy atom. The first kappa shape index (κ1) is 16.3. The number of methoxy groups -OCH3 is 1. The molecule has 21 heavy (non-hydrogen) atoms. The van der Waals surface area contributed by atoms with Crippen LogP contribution >= 0.6 is 0 Å². The number of hydrogen-bond acceptors (Lipinski definition) is 3. The topological polar surface area (TPSA) is 44.5 Å². The van der Waals surface area contributed by atoms with Crippen LogP contribution in [0.3, 0.4) is 0 Å². The van der Waals surface area contributed by atoms with E-state index in [4.69, 9.17) is 15.2 Å². The Hall–Kier alpha value is -1.06. The molecule has 0 aliphatic heterocycles. The van der Waals surface area contributed by atoms with Gasteiger partial charge in [0, 0.05) is 11.6 Å². The molecule has 1 aliphatic rings. The van der Waals surface area contributed by atoms with Crippen LogP contribution in [0.1, 0.15) is 51.7 Å². The molecule has 0 bridgehead atoms. The maximum atomic E-state index is 6.40. The molecular formula is C18H29NO2. The van der Waals surface area contributed by atoms with Crippen molar-refractivity contribution in [1.82, 2.24) is 0 Å². The summed E-state index contributed by atoms with van der Waals surface area (Å²) in [6, 6.07) is 7.96. The highest BCUT2D eigenvalue weighted by atomic mass is 16.5. The molecule has 0 radical (unpaired) electrons. The Labute approximate surface area is 128 Å². The summed E-state index contributed by atoms with van der Waals surface area (Å²) in [4.78, 5) is 0. The lowest BCUT2D eigenvalue weighted by Gasteiger charge is -2.35. The molecule has 3 heteroatoms. The van der Waals surface area contributed by atoms with Crippen molar-refractivity contribution in [3.8, 4) is 5.75 Å². The highest BCUT2D eigenvalue weighted by molar-refractivity contribution is 5.35. The summed E-state index contributed by atoms with van der Waals surface area (Å²) in [7, 11) is 1.70. The van der Waals surface area contributed by atoms with E-state index in [1.165, 1.54) is 6.42 Å². The predicted molar refractivity (Wildman–Crippen MR) is 86.4 cm³/mol. The van der Waals surface area contributed by atoms with Gasteiger partial charge >= 0.3 is 0 Å². The Morgan fingerprint density at radius 2 is 1.86 bits per heavy atom. The van der Waals surface area contributed by atoms with Crippen molar-refractivity contribution < 1.29 is 9.47 Å². The van der Waals surface area contributed by atoms with Crippen LogP contribution in [0.5, 0.6) is 5.75 Å². The fourth-order valence-electron chi connectivity index (χ4n) is 3.21. The Morgan fingerprint density at radius 3 is 2.48 bits per heavy atom. The monoisotopic (exact) mass is 291 g/mol. The van der Waals surface area contributed by atoms with Gasteiger partial charge in [-0.25, -0.2) is 0 Å². The Kier molecular flexibility index (Phi) is 5.65. The third kappa shape index (κ3) is 3.98.